The monoisotopic (exact) mass is 226 g/mol. The van der Waals surface area contributed by atoms with Crippen LogP contribution in [0.1, 0.15) is 58.8 Å². The lowest BCUT2D eigenvalue weighted by atomic mass is 9.94. The van der Waals surface area contributed by atoms with Crippen LogP contribution in [0, 0.1) is 0 Å². The Kier molecular flexibility index (Phi) is 4.77. The number of carbonyl (C=O) groups excluding carboxylic acids is 2. The molecule has 0 bridgehead atoms. The van der Waals surface area contributed by atoms with Crippen molar-refractivity contribution < 1.29 is 9.59 Å². The Morgan fingerprint density at radius 3 is 2.25 bits per heavy atom. The molecule has 2 N–H and O–H groups in total. The van der Waals surface area contributed by atoms with Gasteiger partial charge in [-0.15, -0.1) is 0 Å². The predicted octanol–water partition coefficient (Wildman–Crippen LogP) is 2.34. The number of hydrogen-bond donors (Lipinski definition) is 2. The molecule has 0 aromatic heterocycles. The number of nitrogens with one attached hydrogen (secondary N) is 2. The van der Waals surface area contributed by atoms with Crippen LogP contribution in [0.3, 0.4) is 0 Å². The van der Waals surface area contributed by atoms with Crippen molar-refractivity contribution in [2.45, 2.75) is 64.3 Å². The van der Waals surface area contributed by atoms with Crippen LogP contribution in [0.4, 0.5) is 4.79 Å². The fraction of sp³-hybridized carbons (Fsp3) is 0.833. The maximum atomic E-state index is 11.5. The Morgan fingerprint density at radius 2 is 1.69 bits per heavy atom. The summed E-state index contributed by atoms with van der Waals surface area (Å²) in [6.07, 6.45) is 7.89. The Hall–Kier alpha value is -1.06. The Balaban J connectivity index is 2.17. The molecule has 1 aliphatic heterocycles. The highest BCUT2D eigenvalue weighted by molar-refractivity contribution is 6.06. The molecule has 1 saturated heterocycles. The minimum atomic E-state index is -0.679. The van der Waals surface area contributed by atoms with Crippen LogP contribution < -0.4 is 10.6 Å². The van der Waals surface area contributed by atoms with Crippen molar-refractivity contribution in [3.63, 3.8) is 0 Å². The van der Waals surface area contributed by atoms with E-state index in [2.05, 4.69) is 17.6 Å². The first-order chi connectivity index (χ1) is 7.58. The summed E-state index contributed by atoms with van der Waals surface area (Å²) in [6, 6.07) is -0.363. The lowest BCUT2D eigenvalue weighted by Crippen LogP contribution is -2.43. The van der Waals surface area contributed by atoms with Crippen LogP contribution in [-0.4, -0.2) is 17.5 Å². The average Bonchev–Trinajstić information content (AvgIpc) is 2.47. The smallest absolute Gasteiger partial charge is 0.322 e. The zero-order chi connectivity index (χ0) is 12.0. The summed E-state index contributed by atoms with van der Waals surface area (Å²) >= 11 is 0. The van der Waals surface area contributed by atoms with E-state index in [0.29, 0.717) is 0 Å². The average molecular weight is 226 g/mol. The molecule has 0 aromatic carbocycles. The van der Waals surface area contributed by atoms with E-state index < -0.39 is 5.54 Å². The second kappa shape index (κ2) is 5.87. The predicted molar refractivity (Wildman–Crippen MR) is 63.1 cm³/mol. The zero-order valence-electron chi connectivity index (χ0n) is 10.3. The van der Waals surface area contributed by atoms with Crippen molar-refractivity contribution >= 4 is 11.9 Å². The van der Waals surface area contributed by atoms with Gasteiger partial charge in [-0.3, -0.25) is 10.1 Å². The van der Waals surface area contributed by atoms with E-state index in [9.17, 15) is 9.59 Å². The van der Waals surface area contributed by atoms with Gasteiger partial charge in [0.25, 0.3) is 5.91 Å². The van der Waals surface area contributed by atoms with E-state index in [1.165, 1.54) is 25.7 Å². The van der Waals surface area contributed by atoms with Crippen molar-refractivity contribution in [2.24, 2.45) is 0 Å². The maximum absolute atomic E-state index is 11.5. The molecular formula is C12H22N2O2. The summed E-state index contributed by atoms with van der Waals surface area (Å²) in [5, 5.41) is 4.96. The topological polar surface area (TPSA) is 58.2 Å². The highest BCUT2D eigenvalue weighted by Crippen LogP contribution is 2.19. The number of unbranched alkanes of at least 4 members (excludes halogenated alkanes) is 5. The molecule has 0 radical (unpaired) electrons. The Morgan fingerprint density at radius 1 is 1.06 bits per heavy atom. The van der Waals surface area contributed by atoms with E-state index >= 15 is 0 Å². The van der Waals surface area contributed by atoms with Gasteiger partial charge in [-0.2, -0.15) is 0 Å². The van der Waals surface area contributed by atoms with Gasteiger partial charge in [-0.05, 0) is 13.3 Å². The van der Waals surface area contributed by atoms with E-state index in [1.54, 1.807) is 6.92 Å². The Bertz CT molecular complexity index is 266. The van der Waals surface area contributed by atoms with Crippen molar-refractivity contribution in [3.8, 4) is 0 Å². The molecule has 1 aliphatic rings. The zero-order valence-corrected chi connectivity index (χ0v) is 10.3. The number of hydrogen-bond acceptors (Lipinski definition) is 2. The summed E-state index contributed by atoms with van der Waals surface area (Å²) in [6.45, 7) is 3.98. The molecule has 1 heterocycles. The first kappa shape index (κ1) is 13.0. The number of urea groups is 1. The Labute approximate surface area is 97.2 Å². The summed E-state index contributed by atoms with van der Waals surface area (Å²) in [4.78, 5) is 22.5. The van der Waals surface area contributed by atoms with Gasteiger partial charge in [0.05, 0.1) is 0 Å². The molecule has 0 saturated carbocycles. The molecule has 16 heavy (non-hydrogen) atoms. The molecule has 92 valence electrons. The number of carbonyl (C=O) groups is 2. The van der Waals surface area contributed by atoms with Gasteiger partial charge in [0.2, 0.25) is 0 Å². The summed E-state index contributed by atoms with van der Waals surface area (Å²) in [5.41, 5.74) is -0.679. The molecule has 1 unspecified atom stereocenters. The van der Waals surface area contributed by atoms with Crippen LogP contribution in [0.2, 0.25) is 0 Å². The van der Waals surface area contributed by atoms with E-state index in [0.717, 1.165) is 19.3 Å². The minimum absolute atomic E-state index is 0.189. The van der Waals surface area contributed by atoms with Crippen molar-refractivity contribution in [2.75, 3.05) is 0 Å². The van der Waals surface area contributed by atoms with Gasteiger partial charge in [0.15, 0.2) is 0 Å². The first-order valence-corrected chi connectivity index (χ1v) is 6.22. The van der Waals surface area contributed by atoms with Crippen LogP contribution >= 0.6 is 0 Å². The van der Waals surface area contributed by atoms with E-state index in [1.807, 2.05) is 0 Å². The van der Waals surface area contributed by atoms with Gasteiger partial charge in [-0.25, -0.2) is 4.79 Å². The number of amides is 3. The van der Waals surface area contributed by atoms with Crippen LogP contribution in [-0.2, 0) is 4.79 Å². The molecule has 4 nitrogen and oxygen atoms in total. The third-order valence-corrected chi connectivity index (χ3v) is 3.15. The highest BCUT2D eigenvalue weighted by Gasteiger charge is 2.40. The fourth-order valence-electron chi connectivity index (χ4n) is 2.01. The van der Waals surface area contributed by atoms with Gasteiger partial charge in [-0.1, -0.05) is 45.4 Å². The largest absolute Gasteiger partial charge is 0.324 e. The molecule has 0 aromatic rings. The normalized spacial score (nSPS) is 24.4. The lowest BCUT2D eigenvalue weighted by molar-refractivity contribution is -0.123. The molecule has 0 spiro atoms. The molecule has 1 atom stereocenters. The van der Waals surface area contributed by atoms with Crippen LogP contribution in [0.25, 0.3) is 0 Å². The fourth-order valence-corrected chi connectivity index (χ4v) is 2.01. The van der Waals surface area contributed by atoms with Crippen molar-refractivity contribution in [3.05, 3.63) is 0 Å². The highest BCUT2D eigenvalue weighted by atomic mass is 16.2. The maximum Gasteiger partial charge on any atom is 0.322 e. The summed E-state index contributed by atoms with van der Waals surface area (Å²) < 4.78 is 0. The molecular weight excluding hydrogens is 204 g/mol. The quantitative estimate of drug-likeness (QED) is 0.517. The summed E-state index contributed by atoms with van der Waals surface area (Å²) in [5.74, 6) is -0.189. The molecule has 3 amide bonds. The SMILES string of the molecule is CCCCCCCCC1(C)NC(=O)NC1=O. The number of rotatable bonds is 7. The summed E-state index contributed by atoms with van der Waals surface area (Å²) in [7, 11) is 0. The molecule has 0 aliphatic carbocycles. The third-order valence-electron chi connectivity index (χ3n) is 3.15. The van der Waals surface area contributed by atoms with Gasteiger partial charge in [0.1, 0.15) is 5.54 Å². The minimum Gasteiger partial charge on any atom is -0.324 e. The molecule has 4 heteroatoms. The van der Waals surface area contributed by atoms with Gasteiger partial charge >= 0.3 is 6.03 Å². The van der Waals surface area contributed by atoms with Gasteiger partial charge < -0.3 is 5.32 Å². The van der Waals surface area contributed by atoms with Crippen LogP contribution in [0.15, 0.2) is 0 Å². The van der Waals surface area contributed by atoms with E-state index in [4.69, 9.17) is 0 Å². The number of imide groups is 1. The molecule has 1 fully saturated rings. The molecule has 1 rings (SSSR count). The second-order valence-corrected chi connectivity index (χ2v) is 4.76. The third kappa shape index (κ3) is 3.51. The second-order valence-electron chi connectivity index (χ2n) is 4.76. The lowest BCUT2D eigenvalue weighted by Gasteiger charge is -2.19. The van der Waals surface area contributed by atoms with Crippen LogP contribution in [0.5, 0.6) is 0 Å². The first-order valence-electron chi connectivity index (χ1n) is 6.22. The van der Waals surface area contributed by atoms with Crippen molar-refractivity contribution in [1.82, 2.24) is 10.6 Å². The van der Waals surface area contributed by atoms with E-state index in [-0.39, 0.29) is 11.9 Å². The van der Waals surface area contributed by atoms with Crippen molar-refractivity contribution in [1.29, 1.82) is 0 Å². The standard InChI is InChI=1S/C12H22N2O2/c1-3-4-5-6-7-8-9-12(2)10(15)13-11(16)14-12/h3-9H2,1-2H3,(H2,13,14,15,16). The van der Waals surface area contributed by atoms with Gasteiger partial charge in [0, 0.05) is 0 Å².